The highest BCUT2D eigenvalue weighted by molar-refractivity contribution is 6.04. The zero-order valence-corrected chi connectivity index (χ0v) is 21.9. The van der Waals surface area contributed by atoms with E-state index in [1.54, 1.807) is 24.2 Å². The molecule has 0 radical (unpaired) electrons. The average Bonchev–Trinajstić information content (AvgIpc) is 3.59. The van der Waals surface area contributed by atoms with Crippen molar-refractivity contribution < 1.29 is 19.1 Å². The topological polar surface area (TPSA) is 83.8 Å². The molecule has 0 spiro atoms. The van der Waals surface area contributed by atoms with Crippen molar-refractivity contribution >= 4 is 23.2 Å². The molecule has 0 aromatic heterocycles. The number of hydrogen-bond donors (Lipinski definition) is 0. The Bertz CT molecular complexity index is 1290. The van der Waals surface area contributed by atoms with Crippen LogP contribution in [0, 0.1) is 0 Å². The van der Waals surface area contributed by atoms with Gasteiger partial charge in [-0.25, -0.2) is 10.0 Å². The van der Waals surface area contributed by atoms with Gasteiger partial charge in [-0.15, -0.1) is 0 Å². The molecule has 3 aromatic carbocycles. The number of nitrogens with zero attached hydrogens (tertiary/aromatic N) is 4. The molecule has 8 heteroatoms. The predicted molar refractivity (Wildman–Crippen MR) is 145 cm³/mol. The Morgan fingerprint density at radius 3 is 1.26 bits per heavy atom. The second kappa shape index (κ2) is 10.5. The molecule has 0 N–H and O–H groups in total. The lowest BCUT2D eigenvalue weighted by Crippen LogP contribution is -2.25. The molecule has 0 bridgehead atoms. The molecule has 2 amide bonds. The summed E-state index contributed by atoms with van der Waals surface area (Å²) in [7, 11) is 3.26. The minimum absolute atomic E-state index is 0.112. The van der Waals surface area contributed by atoms with Crippen LogP contribution in [-0.2, 0) is 9.59 Å². The van der Waals surface area contributed by atoms with Gasteiger partial charge in [0.25, 0.3) is 0 Å². The minimum Gasteiger partial charge on any atom is -0.497 e. The fraction of sp³-hybridized carbons (Fsp3) is 0.267. The summed E-state index contributed by atoms with van der Waals surface area (Å²) in [6, 6.07) is 23.1. The Labute approximate surface area is 222 Å². The molecule has 194 valence electrons. The molecule has 2 atom stereocenters. The van der Waals surface area contributed by atoms with Gasteiger partial charge in [-0.05, 0) is 70.8 Å². The Kier molecular flexibility index (Phi) is 6.96. The lowest BCUT2D eigenvalue weighted by molar-refractivity contribution is -0.131. The smallest absolute Gasteiger partial charge is 0.240 e. The fourth-order valence-electron chi connectivity index (χ4n) is 4.98. The van der Waals surface area contributed by atoms with E-state index in [9.17, 15) is 9.59 Å². The van der Waals surface area contributed by atoms with Crippen LogP contribution in [0.1, 0.15) is 61.0 Å². The van der Waals surface area contributed by atoms with E-state index in [1.165, 1.54) is 13.8 Å². The highest BCUT2D eigenvalue weighted by Gasteiger charge is 2.34. The summed E-state index contributed by atoms with van der Waals surface area (Å²) in [4.78, 5) is 24.9. The molecule has 0 saturated heterocycles. The van der Waals surface area contributed by atoms with E-state index in [0.29, 0.717) is 12.8 Å². The summed E-state index contributed by atoms with van der Waals surface area (Å²) in [5.74, 6) is 1.32. The van der Waals surface area contributed by atoms with Crippen LogP contribution in [0.2, 0.25) is 0 Å². The van der Waals surface area contributed by atoms with Crippen LogP contribution < -0.4 is 9.47 Å². The third-order valence-electron chi connectivity index (χ3n) is 7.02. The molecule has 2 unspecified atom stereocenters. The van der Waals surface area contributed by atoms with Crippen LogP contribution >= 0.6 is 0 Å². The molecule has 5 rings (SSSR count). The SMILES string of the molecule is COc1ccc(C2=NN(C(C)=O)C(c3ccc(C4CC(c5ccc(OC)cc5)=NN4C(C)=O)cc3)C2)cc1. The van der Waals surface area contributed by atoms with Crippen molar-refractivity contribution in [2.75, 3.05) is 14.2 Å². The molecule has 0 aliphatic carbocycles. The van der Waals surface area contributed by atoms with Gasteiger partial charge < -0.3 is 9.47 Å². The molecule has 0 fully saturated rings. The second-order valence-electron chi connectivity index (χ2n) is 9.38. The molecular weight excluding hydrogens is 480 g/mol. The van der Waals surface area contributed by atoms with E-state index >= 15 is 0 Å². The summed E-state index contributed by atoms with van der Waals surface area (Å²) in [5, 5.41) is 12.4. The van der Waals surface area contributed by atoms with E-state index in [2.05, 4.69) is 10.2 Å². The first-order valence-electron chi connectivity index (χ1n) is 12.5. The first kappa shape index (κ1) is 25.2. The Hall–Kier alpha value is -4.46. The third-order valence-corrected chi connectivity index (χ3v) is 7.02. The van der Waals surface area contributed by atoms with Crippen LogP contribution in [0.4, 0.5) is 0 Å². The van der Waals surface area contributed by atoms with Gasteiger partial charge in [-0.2, -0.15) is 10.2 Å². The molecule has 8 nitrogen and oxygen atoms in total. The number of amides is 2. The summed E-state index contributed by atoms with van der Waals surface area (Å²) in [5.41, 5.74) is 5.60. The quantitative estimate of drug-likeness (QED) is 0.462. The number of ether oxygens (including phenoxy) is 2. The van der Waals surface area contributed by atoms with Crippen LogP contribution in [0.15, 0.2) is 83.0 Å². The van der Waals surface area contributed by atoms with Gasteiger partial charge >= 0.3 is 0 Å². The van der Waals surface area contributed by atoms with Crippen LogP contribution in [0.25, 0.3) is 0 Å². The molecule has 2 aliphatic rings. The van der Waals surface area contributed by atoms with E-state index in [1.807, 2.05) is 72.8 Å². The van der Waals surface area contributed by atoms with Crippen LogP contribution in [-0.4, -0.2) is 47.5 Å². The third kappa shape index (κ3) is 4.89. The number of rotatable bonds is 6. The first-order valence-corrected chi connectivity index (χ1v) is 12.5. The normalized spacial score (nSPS) is 18.7. The van der Waals surface area contributed by atoms with Crippen molar-refractivity contribution in [3.05, 3.63) is 95.1 Å². The van der Waals surface area contributed by atoms with Crippen molar-refractivity contribution in [3.8, 4) is 11.5 Å². The lowest BCUT2D eigenvalue weighted by atomic mass is 9.94. The molecular formula is C30H30N4O4. The molecule has 38 heavy (non-hydrogen) atoms. The summed E-state index contributed by atoms with van der Waals surface area (Å²) >= 11 is 0. The van der Waals surface area contributed by atoms with Gasteiger partial charge in [-0.1, -0.05) is 24.3 Å². The zero-order valence-electron chi connectivity index (χ0n) is 21.9. The van der Waals surface area contributed by atoms with Crippen molar-refractivity contribution in [2.24, 2.45) is 10.2 Å². The van der Waals surface area contributed by atoms with Crippen molar-refractivity contribution in [2.45, 2.75) is 38.8 Å². The van der Waals surface area contributed by atoms with E-state index in [4.69, 9.17) is 9.47 Å². The van der Waals surface area contributed by atoms with Gasteiger partial charge in [0, 0.05) is 26.7 Å². The standard InChI is InChI=1S/C30H30N4O4/c1-19(35)33-29(17-27(31-33)21-9-13-25(37-3)14-10-21)23-5-7-24(8-6-23)30-18-28(32-34(30)20(2)36)22-11-15-26(38-4)16-12-22/h5-16,29-30H,17-18H2,1-4H3. The molecule has 0 saturated carbocycles. The van der Waals surface area contributed by atoms with Gasteiger partial charge in [0.15, 0.2) is 0 Å². The number of hydrazone groups is 2. The van der Waals surface area contributed by atoms with Gasteiger partial charge in [0.05, 0.1) is 37.7 Å². The molecule has 3 aromatic rings. The van der Waals surface area contributed by atoms with Gasteiger partial charge in [0.1, 0.15) is 11.5 Å². The van der Waals surface area contributed by atoms with E-state index < -0.39 is 0 Å². The first-order chi connectivity index (χ1) is 18.4. The number of carbonyl (C=O) groups excluding carboxylic acids is 2. The summed E-state index contributed by atoms with van der Waals surface area (Å²) in [6.45, 7) is 3.06. The fourth-order valence-corrected chi connectivity index (χ4v) is 4.98. The molecule has 2 aliphatic heterocycles. The summed E-state index contributed by atoms with van der Waals surface area (Å²) in [6.07, 6.45) is 1.22. The maximum absolute atomic E-state index is 12.4. The monoisotopic (exact) mass is 510 g/mol. The Balaban J connectivity index is 1.36. The van der Waals surface area contributed by atoms with E-state index in [0.717, 1.165) is 45.2 Å². The molecule has 2 heterocycles. The zero-order chi connectivity index (χ0) is 26.8. The van der Waals surface area contributed by atoms with Crippen molar-refractivity contribution in [1.82, 2.24) is 10.0 Å². The summed E-state index contributed by atoms with van der Waals surface area (Å²) < 4.78 is 10.5. The highest BCUT2D eigenvalue weighted by atomic mass is 16.5. The average molecular weight is 511 g/mol. The van der Waals surface area contributed by atoms with Crippen LogP contribution in [0.3, 0.4) is 0 Å². The van der Waals surface area contributed by atoms with Gasteiger partial charge in [0.2, 0.25) is 11.8 Å². The van der Waals surface area contributed by atoms with Crippen molar-refractivity contribution in [3.63, 3.8) is 0 Å². The minimum atomic E-state index is -0.197. The maximum atomic E-state index is 12.4. The van der Waals surface area contributed by atoms with E-state index in [-0.39, 0.29) is 23.9 Å². The second-order valence-corrected chi connectivity index (χ2v) is 9.38. The Morgan fingerprint density at radius 2 is 0.974 bits per heavy atom. The number of methoxy groups -OCH3 is 2. The number of hydrogen-bond acceptors (Lipinski definition) is 6. The maximum Gasteiger partial charge on any atom is 0.240 e. The van der Waals surface area contributed by atoms with Gasteiger partial charge in [-0.3, -0.25) is 9.59 Å². The largest absolute Gasteiger partial charge is 0.497 e. The number of carbonyl (C=O) groups is 2. The highest BCUT2D eigenvalue weighted by Crippen LogP contribution is 2.36. The predicted octanol–water partition coefficient (Wildman–Crippen LogP) is 5.10. The lowest BCUT2D eigenvalue weighted by Gasteiger charge is -2.23. The van der Waals surface area contributed by atoms with Crippen LogP contribution in [0.5, 0.6) is 11.5 Å². The van der Waals surface area contributed by atoms with Crippen molar-refractivity contribution in [1.29, 1.82) is 0 Å². The Morgan fingerprint density at radius 1 is 0.632 bits per heavy atom. The number of benzene rings is 3.